The van der Waals surface area contributed by atoms with Crippen molar-refractivity contribution in [2.75, 3.05) is 25.9 Å². The summed E-state index contributed by atoms with van der Waals surface area (Å²) in [5.41, 5.74) is 1.34. The van der Waals surface area contributed by atoms with E-state index in [9.17, 15) is 8.42 Å². The fourth-order valence-electron chi connectivity index (χ4n) is 2.47. The molecule has 0 aliphatic carbocycles. The zero-order valence-electron chi connectivity index (χ0n) is 11.0. The summed E-state index contributed by atoms with van der Waals surface area (Å²) >= 11 is 0. The third kappa shape index (κ3) is 3.34. The van der Waals surface area contributed by atoms with Crippen LogP contribution in [0.4, 0.5) is 0 Å². The maximum absolute atomic E-state index is 10.9. The van der Waals surface area contributed by atoms with Gasteiger partial charge in [0.15, 0.2) is 0 Å². The molecular weight excluding hydrogens is 250 g/mol. The van der Waals surface area contributed by atoms with Crippen molar-refractivity contribution in [2.45, 2.75) is 25.9 Å². The smallest absolute Gasteiger partial charge is 0.208 e. The standard InChI is InChI=1S/C12H21N3O2S/c1-11-12-5-3-7-15(12)10-9-14(11)8-4-6-13-18(2,16)17/h3,5,7,11,13H,4,6,8-10H2,1-2H3/t11-/m1/s1. The average Bonchev–Trinajstić information content (AvgIpc) is 2.74. The third-order valence-electron chi connectivity index (χ3n) is 3.45. The molecule has 1 aromatic heterocycles. The lowest BCUT2D eigenvalue weighted by atomic mass is 10.1. The molecule has 0 aromatic carbocycles. The Balaban J connectivity index is 1.82. The highest BCUT2D eigenvalue weighted by Gasteiger charge is 2.22. The van der Waals surface area contributed by atoms with Crippen LogP contribution in [0.5, 0.6) is 0 Å². The lowest BCUT2D eigenvalue weighted by Gasteiger charge is -2.34. The van der Waals surface area contributed by atoms with Crippen LogP contribution in [0.2, 0.25) is 0 Å². The molecule has 0 fully saturated rings. The van der Waals surface area contributed by atoms with Gasteiger partial charge in [0.2, 0.25) is 10.0 Å². The molecule has 1 atom stereocenters. The maximum atomic E-state index is 10.9. The molecule has 18 heavy (non-hydrogen) atoms. The number of rotatable bonds is 5. The van der Waals surface area contributed by atoms with Gasteiger partial charge in [0.25, 0.3) is 0 Å². The number of hydrogen-bond donors (Lipinski definition) is 1. The van der Waals surface area contributed by atoms with E-state index in [1.54, 1.807) is 0 Å². The Morgan fingerprint density at radius 2 is 2.22 bits per heavy atom. The van der Waals surface area contributed by atoms with Crippen LogP contribution in [-0.2, 0) is 16.6 Å². The summed E-state index contributed by atoms with van der Waals surface area (Å²) in [4.78, 5) is 2.40. The molecule has 2 rings (SSSR count). The van der Waals surface area contributed by atoms with Gasteiger partial charge in [-0.3, -0.25) is 4.90 Å². The molecule has 1 N–H and O–H groups in total. The Hall–Kier alpha value is -0.850. The predicted molar refractivity (Wildman–Crippen MR) is 71.9 cm³/mol. The molecule has 0 amide bonds. The highest BCUT2D eigenvalue weighted by atomic mass is 32.2. The van der Waals surface area contributed by atoms with Gasteiger partial charge >= 0.3 is 0 Å². The van der Waals surface area contributed by atoms with Crippen LogP contribution in [0.1, 0.15) is 25.1 Å². The number of fused-ring (bicyclic) bond motifs is 1. The van der Waals surface area contributed by atoms with E-state index in [0.717, 1.165) is 26.1 Å². The Kier molecular flexibility index (Phi) is 4.09. The summed E-state index contributed by atoms with van der Waals surface area (Å²) in [5, 5.41) is 0. The van der Waals surface area contributed by atoms with E-state index in [4.69, 9.17) is 0 Å². The molecule has 0 saturated heterocycles. The van der Waals surface area contributed by atoms with Crippen LogP contribution in [0.15, 0.2) is 18.3 Å². The second kappa shape index (κ2) is 5.42. The van der Waals surface area contributed by atoms with Crippen molar-refractivity contribution >= 4 is 10.0 Å². The maximum Gasteiger partial charge on any atom is 0.208 e. The predicted octanol–water partition coefficient (Wildman–Crippen LogP) is 0.804. The zero-order valence-corrected chi connectivity index (χ0v) is 11.8. The number of aromatic nitrogens is 1. The molecule has 0 spiro atoms. The number of nitrogens with one attached hydrogen (secondary N) is 1. The molecule has 102 valence electrons. The van der Waals surface area contributed by atoms with Gasteiger partial charge in [0.05, 0.1) is 6.26 Å². The minimum atomic E-state index is -3.05. The second-order valence-electron chi connectivity index (χ2n) is 4.86. The molecule has 1 aromatic rings. The van der Waals surface area contributed by atoms with Crippen molar-refractivity contribution in [1.29, 1.82) is 0 Å². The molecular formula is C12H21N3O2S. The van der Waals surface area contributed by atoms with E-state index in [0.29, 0.717) is 12.6 Å². The molecule has 6 heteroatoms. The fraction of sp³-hybridized carbons (Fsp3) is 0.667. The molecule has 0 saturated carbocycles. The Bertz CT molecular complexity index is 495. The van der Waals surface area contributed by atoms with E-state index in [1.165, 1.54) is 11.9 Å². The first kappa shape index (κ1) is 13.6. The van der Waals surface area contributed by atoms with Crippen molar-refractivity contribution in [3.8, 4) is 0 Å². The summed E-state index contributed by atoms with van der Waals surface area (Å²) in [6, 6.07) is 4.65. The van der Waals surface area contributed by atoms with Crippen LogP contribution >= 0.6 is 0 Å². The molecule has 1 aliphatic rings. The SMILES string of the molecule is C[C@@H]1c2cccn2CCN1CCCNS(C)(=O)=O. The highest BCUT2D eigenvalue weighted by Crippen LogP contribution is 2.24. The van der Waals surface area contributed by atoms with Crippen molar-refractivity contribution in [2.24, 2.45) is 0 Å². The second-order valence-corrected chi connectivity index (χ2v) is 6.69. The van der Waals surface area contributed by atoms with Gasteiger partial charge in [-0.05, 0) is 25.5 Å². The fourth-order valence-corrected chi connectivity index (χ4v) is 2.99. The number of sulfonamides is 1. The Morgan fingerprint density at radius 3 is 2.94 bits per heavy atom. The van der Waals surface area contributed by atoms with Crippen molar-refractivity contribution in [3.63, 3.8) is 0 Å². The summed E-state index contributed by atoms with van der Waals surface area (Å²) in [6.45, 7) is 5.70. The summed E-state index contributed by atoms with van der Waals surface area (Å²) in [5.74, 6) is 0. The molecule has 2 heterocycles. The van der Waals surface area contributed by atoms with Crippen LogP contribution in [0, 0.1) is 0 Å². The summed E-state index contributed by atoms with van der Waals surface area (Å²) < 4.78 is 26.7. The van der Waals surface area contributed by atoms with Gasteiger partial charge in [0.1, 0.15) is 0 Å². The first-order chi connectivity index (χ1) is 8.47. The number of hydrogen-bond acceptors (Lipinski definition) is 3. The van der Waals surface area contributed by atoms with E-state index in [2.05, 4.69) is 39.4 Å². The molecule has 5 nitrogen and oxygen atoms in total. The molecule has 0 bridgehead atoms. The molecule has 0 unspecified atom stereocenters. The molecule has 1 aliphatic heterocycles. The first-order valence-electron chi connectivity index (χ1n) is 6.31. The van der Waals surface area contributed by atoms with Crippen LogP contribution < -0.4 is 4.72 Å². The minimum Gasteiger partial charge on any atom is -0.349 e. The van der Waals surface area contributed by atoms with Crippen molar-refractivity contribution in [1.82, 2.24) is 14.2 Å². The van der Waals surface area contributed by atoms with E-state index in [-0.39, 0.29) is 0 Å². The quantitative estimate of drug-likeness (QED) is 0.806. The minimum absolute atomic E-state index is 0.409. The lowest BCUT2D eigenvalue weighted by molar-refractivity contribution is 0.168. The van der Waals surface area contributed by atoms with Crippen molar-refractivity contribution < 1.29 is 8.42 Å². The van der Waals surface area contributed by atoms with Gasteiger partial charge < -0.3 is 4.57 Å². The van der Waals surface area contributed by atoms with Gasteiger partial charge in [0, 0.05) is 44.1 Å². The van der Waals surface area contributed by atoms with Gasteiger partial charge in [-0.25, -0.2) is 13.1 Å². The monoisotopic (exact) mass is 271 g/mol. The van der Waals surface area contributed by atoms with E-state index < -0.39 is 10.0 Å². The van der Waals surface area contributed by atoms with Gasteiger partial charge in [-0.15, -0.1) is 0 Å². The lowest BCUT2D eigenvalue weighted by Crippen LogP contribution is -2.38. The van der Waals surface area contributed by atoms with E-state index in [1.807, 2.05) is 0 Å². The largest absolute Gasteiger partial charge is 0.349 e. The zero-order chi connectivity index (χ0) is 13.2. The normalized spacial score (nSPS) is 20.9. The van der Waals surface area contributed by atoms with E-state index >= 15 is 0 Å². The summed E-state index contributed by atoms with van der Waals surface area (Å²) in [6.07, 6.45) is 4.16. The number of nitrogens with zero attached hydrogens (tertiary/aromatic N) is 2. The molecule has 0 radical (unpaired) electrons. The first-order valence-corrected chi connectivity index (χ1v) is 8.20. The highest BCUT2D eigenvalue weighted by molar-refractivity contribution is 7.88. The Morgan fingerprint density at radius 1 is 1.44 bits per heavy atom. The van der Waals surface area contributed by atoms with Gasteiger partial charge in [-0.1, -0.05) is 0 Å². The Labute approximate surface area is 109 Å². The van der Waals surface area contributed by atoms with Crippen LogP contribution in [0.3, 0.4) is 0 Å². The van der Waals surface area contributed by atoms with Crippen LogP contribution in [0.25, 0.3) is 0 Å². The van der Waals surface area contributed by atoms with Gasteiger partial charge in [-0.2, -0.15) is 0 Å². The van der Waals surface area contributed by atoms with Crippen LogP contribution in [-0.4, -0.2) is 43.8 Å². The average molecular weight is 271 g/mol. The summed E-state index contributed by atoms with van der Waals surface area (Å²) in [7, 11) is -3.05. The third-order valence-corrected chi connectivity index (χ3v) is 4.18. The topological polar surface area (TPSA) is 54.3 Å². The van der Waals surface area contributed by atoms with Crippen molar-refractivity contribution in [3.05, 3.63) is 24.0 Å².